The Bertz CT molecular complexity index is 459. The first kappa shape index (κ1) is 12.9. The molecule has 1 aliphatic rings. The number of hydrogen-bond acceptors (Lipinski definition) is 4. The molecule has 1 fully saturated rings. The summed E-state index contributed by atoms with van der Waals surface area (Å²) in [6, 6.07) is 8.02. The molecule has 96 valence electrons. The molecule has 0 aromatic heterocycles. The van der Waals surface area contributed by atoms with Crippen LogP contribution in [-0.2, 0) is 9.47 Å². The van der Waals surface area contributed by atoms with Gasteiger partial charge in [0.15, 0.2) is 0 Å². The second kappa shape index (κ2) is 5.38. The minimum Gasteiger partial charge on any atom is -0.381 e. The van der Waals surface area contributed by atoms with Gasteiger partial charge in [0.2, 0.25) is 0 Å². The van der Waals surface area contributed by atoms with E-state index in [-0.39, 0.29) is 5.60 Å². The van der Waals surface area contributed by atoms with E-state index in [1.54, 1.807) is 7.11 Å². The molecule has 1 N–H and O–H groups in total. The van der Waals surface area contributed by atoms with Crippen molar-refractivity contribution in [3.63, 3.8) is 0 Å². The number of aryl methyl sites for hydroxylation is 1. The molecule has 1 atom stereocenters. The number of hydrogen-bond donors (Lipinski definition) is 1. The van der Waals surface area contributed by atoms with Gasteiger partial charge in [0, 0.05) is 26.7 Å². The van der Waals surface area contributed by atoms with Crippen molar-refractivity contribution < 1.29 is 9.47 Å². The number of methoxy groups -OCH3 is 1. The van der Waals surface area contributed by atoms with Crippen LogP contribution < -0.4 is 5.32 Å². The van der Waals surface area contributed by atoms with E-state index < -0.39 is 0 Å². The zero-order chi connectivity index (χ0) is 13.0. The molecular formula is C14H18N2O2. The Hall–Kier alpha value is -1.57. The Kier molecular flexibility index (Phi) is 3.85. The summed E-state index contributed by atoms with van der Waals surface area (Å²) in [6.45, 7) is 3.96. The lowest BCUT2D eigenvalue weighted by molar-refractivity contribution is -0.00620. The van der Waals surface area contributed by atoms with Gasteiger partial charge in [-0.05, 0) is 24.6 Å². The maximum atomic E-state index is 9.11. The summed E-state index contributed by atoms with van der Waals surface area (Å²) >= 11 is 0. The normalized spacial score (nSPS) is 22.7. The van der Waals surface area contributed by atoms with E-state index in [1.807, 2.05) is 25.1 Å². The fraction of sp³-hybridized carbons (Fsp3) is 0.500. The van der Waals surface area contributed by atoms with Gasteiger partial charge in [0.1, 0.15) is 11.7 Å². The van der Waals surface area contributed by atoms with E-state index in [9.17, 15) is 0 Å². The van der Waals surface area contributed by atoms with Gasteiger partial charge in [-0.2, -0.15) is 5.26 Å². The van der Waals surface area contributed by atoms with Crippen LogP contribution in [-0.4, -0.2) is 32.5 Å². The summed E-state index contributed by atoms with van der Waals surface area (Å²) in [5.41, 5.74) is 2.34. The minimum atomic E-state index is -0.266. The third-order valence-corrected chi connectivity index (χ3v) is 3.40. The Morgan fingerprint density at radius 3 is 3.00 bits per heavy atom. The molecule has 1 unspecified atom stereocenters. The van der Waals surface area contributed by atoms with Crippen molar-refractivity contribution in [3.8, 4) is 6.07 Å². The lowest BCUT2D eigenvalue weighted by Crippen LogP contribution is -2.39. The zero-order valence-corrected chi connectivity index (χ0v) is 10.8. The van der Waals surface area contributed by atoms with Gasteiger partial charge in [0.25, 0.3) is 0 Å². The molecule has 1 aliphatic heterocycles. The minimum absolute atomic E-state index is 0.266. The van der Waals surface area contributed by atoms with E-state index in [0.717, 1.165) is 24.3 Å². The third-order valence-electron chi connectivity index (χ3n) is 3.40. The van der Waals surface area contributed by atoms with Crippen molar-refractivity contribution in [1.82, 2.24) is 0 Å². The summed E-state index contributed by atoms with van der Waals surface area (Å²) in [7, 11) is 1.71. The summed E-state index contributed by atoms with van der Waals surface area (Å²) < 4.78 is 10.9. The van der Waals surface area contributed by atoms with Crippen molar-refractivity contribution in [2.75, 3.05) is 32.2 Å². The molecule has 1 heterocycles. The van der Waals surface area contributed by atoms with E-state index in [0.29, 0.717) is 18.7 Å². The smallest absolute Gasteiger partial charge is 0.110 e. The first-order chi connectivity index (χ1) is 8.69. The van der Waals surface area contributed by atoms with Crippen molar-refractivity contribution in [2.45, 2.75) is 18.9 Å². The van der Waals surface area contributed by atoms with E-state index in [1.165, 1.54) is 0 Å². The van der Waals surface area contributed by atoms with E-state index in [2.05, 4.69) is 11.4 Å². The molecular weight excluding hydrogens is 228 g/mol. The molecule has 1 aromatic rings. The number of nitrogens with one attached hydrogen (secondary N) is 1. The zero-order valence-electron chi connectivity index (χ0n) is 10.8. The lowest BCUT2D eigenvalue weighted by Gasteiger charge is -2.26. The van der Waals surface area contributed by atoms with E-state index in [4.69, 9.17) is 14.7 Å². The Morgan fingerprint density at radius 2 is 2.39 bits per heavy atom. The summed E-state index contributed by atoms with van der Waals surface area (Å²) in [5.74, 6) is 0. The van der Waals surface area contributed by atoms with Gasteiger partial charge in [-0.15, -0.1) is 0 Å². The molecule has 0 saturated carbocycles. The molecule has 2 rings (SSSR count). The first-order valence-electron chi connectivity index (χ1n) is 6.07. The highest BCUT2D eigenvalue weighted by Gasteiger charge is 2.34. The van der Waals surface area contributed by atoms with Crippen LogP contribution in [0.4, 0.5) is 5.69 Å². The van der Waals surface area contributed by atoms with Gasteiger partial charge in [-0.1, -0.05) is 6.07 Å². The lowest BCUT2D eigenvalue weighted by atomic mass is 10.0. The fourth-order valence-electron chi connectivity index (χ4n) is 2.12. The van der Waals surface area contributed by atoms with Crippen molar-refractivity contribution in [1.29, 1.82) is 5.26 Å². The molecule has 0 spiro atoms. The molecule has 0 amide bonds. The molecule has 4 heteroatoms. The fourth-order valence-corrected chi connectivity index (χ4v) is 2.12. The topological polar surface area (TPSA) is 54.3 Å². The summed E-state index contributed by atoms with van der Waals surface area (Å²) in [6.07, 6.45) is 0.879. The average molecular weight is 246 g/mol. The van der Waals surface area contributed by atoms with E-state index >= 15 is 0 Å². The highest BCUT2D eigenvalue weighted by molar-refractivity contribution is 5.58. The molecule has 1 aromatic carbocycles. The van der Waals surface area contributed by atoms with Crippen LogP contribution in [0.2, 0.25) is 0 Å². The van der Waals surface area contributed by atoms with Gasteiger partial charge in [-0.25, -0.2) is 0 Å². The van der Waals surface area contributed by atoms with Crippen LogP contribution in [0.3, 0.4) is 0 Å². The van der Waals surface area contributed by atoms with Crippen LogP contribution in [0, 0.1) is 18.3 Å². The monoisotopic (exact) mass is 246 g/mol. The molecule has 18 heavy (non-hydrogen) atoms. The summed E-state index contributed by atoms with van der Waals surface area (Å²) in [4.78, 5) is 0. The molecule has 4 nitrogen and oxygen atoms in total. The largest absolute Gasteiger partial charge is 0.381 e. The van der Waals surface area contributed by atoms with Crippen LogP contribution in [0.1, 0.15) is 17.5 Å². The van der Waals surface area contributed by atoms with Crippen molar-refractivity contribution in [2.24, 2.45) is 0 Å². The number of anilines is 1. The molecule has 0 radical (unpaired) electrons. The number of benzene rings is 1. The Morgan fingerprint density at radius 1 is 1.56 bits per heavy atom. The van der Waals surface area contributed by atoms with Gasteiger partial charge < -0.3 is 14.8 Å². The first-order valence-corrected chi connectivity index (χ1v) is 6.07. The van der Waals surface area contributed by atoms with Crippen LogP contribution in [0.5, 0.6) is 0 Å². The van der Waals surface area contributed by atoms with Crippen molar-refractivity contribution in [3.05, 3.63) is 29.3 Å². The summed E-state index contributed by atoms with van der Waals surface area (Å²) in [5, 5.41) is 12.4. The van der Waals surface area contributed by atoms with Gasteiger partial charge in [-0.3, -0.25) is 0 Å². The van der Waals surface area contributed by atoms with Gasteiger partial charge >= 0.3 is 0 Å². The number of nitrogens with zero attached hydrogens (tertiary/aromatic N) is 1. The second-order valence-electron chi connectivity index (χ2n) is 4.70. The maximum Gasteiger partial charge on any atom is 0.110 e. The highest BCUT2D eigenvalue weighted by atomic mass is 16.5. The van der Waals surface area contributed by atoms with Crippen LogP contribution in [0.15, 0.2) is 18.2 Å². The second-order valence-corrected chi connectivity index (χ2v) is 4.70. The Labute approximate surface area is 108 Å². The SMILES string of the molecule is COC1(CNc2ccc(C)cc2C#N)CCOC1. The van der Waals surface area contributed by atoms with Crippen molar-refractivity contribution >= 4 is 5.69 Å². The molecule has 0 aliphatic carbocycles. The average Bonchev–Trinajstić information content (AvgIpc) is 2.86. The quantitative estimate of drug-likeness (QED) is 0.883. The van der Waals surface area contributed by atoms with Crippen LogP contribution in [0.25, 0.3) is 0 Å². The number of nitriles is 1. The Balaban J connectivity index is 2.08. The standard InChI is InChI=1S/C14H18N2O2/c1-11-3-4-13(12(7-11)8-15)16-9-14(17-2)5-6-18-10-14/h3-4,7,16H,5-6,9-10H2,1-2H3. The molecule has 1 saturated heterocycles. The predicted octanol–water partition coefficient (Wildman–Crippen LogP) is 2.08. The highest BCUT2D eigenvalue weighted by Crippen LogP contribution is 2.24. The third kappa shape index (κ3) is 2.63. The van der Waals surface area contributed by atoms with Gasteiger partial charge in [0.05, 0.1) is 17.9 Å². The number of ether oxygens (including phenoxy) is 2. The maximum absolute atomic E-state index is 9.11. The number of rotatable bonds is 4. The molecule has 0 bridgehead atoms. The predicted molar refractivity (Wildman–Crippen MR) is 69.6 cm³/mol. The van der Waals surface area contributed by atoms with Crippen LogP contribution >= 0.6 is 0 Å².